The minimum absolute atomic E-state index is 0.216. The van der Waals surface area contributed by atoms with E-state index in [2.05, 4.69) is 10.6 Å². The second kappa shape index (κ2) is 7.11. The molecule has 1 aliphatic rings. The zero-order valence-electron chi connectivity index (χ0n) is 12.6. The van der Waals surface area contributed by atoms with Gasteiger partial charge in [0, 0.05) is 11.7 Å². The normalized spacial score (nSPS) is 15.3. The molecule has 1 aromatic carbocycles. The van der Waals surface area contributed by atoms with Gasteiger partial charge in [0.25, 0.3) is 0 Å². The lowest BCUT2D eigenvalue weighted by Crippen LogP contribution is -2.39. The predicted molar refractivity (Wildman–Crippen MR) is 81.5 cm³/mol. The third-order valence-electron chi connectivity index (χ3n) is 3.93. The van der Waals surface area contributed by atoms with Crippen LogP contribution in [0.2, 0.25) is 0 Å². The highest BCUT2D eigenvalue weighted by molar-refractivity contribution is 5.96. The van der Waals surface area contributed by atoms with Crippen LogP contribution >= 0.6 is 0 Å². The van der Waals surface area contributed by atoms with E-state index in [1.807, 2.05) is 0 Å². The van der Waals surface area contributed by atoms with Crippen molar-refractivity contribution in [1.82, 2.24) is 5.32 Å². The van der Waals surface area contributed by atoms with Crippen LogP contribution in [0.3, 0.4) is 0 Å². The summed E-state index contributed by atoms with van der Waals surface area (Å²) in [6, 6.07) is 5.23. The number of hydrogen-bond acceptors (Lipinski definition) is 3. The average molecular weight is 290 g/mol. The van der Waals surface area contributed by atoms with Crippen molar-refractivity contribution in [2.45, 2.75) is 45.1 Å². The summed E-state index contributed by atoms with van der Waals surface area (Å²) in [7, 11) is 1.34. The first-order chi connectivity index (χ1) is 10.1. The fraction of sp³-hybridized carbons (Fsp3) is 0.500. The standard InChI is InChI=1S/C16H22N2O3/c1-11-13(15(19)21-2)9-6-10-14(11)18-16(20)17-12-7-4-3-5-8-12/h6,9-10,12H,3-5,7-8H2,1-2H3,(H2,17,18,20). The van der Waals surface area contributed by atoms with Gasteiger partial charge in [0.05, 0.1) is 12.7 Å². The molecule has 1 saturated carbocycles. The molecule has 0 radical (unpaired) electrons. The van der Waals surface area contributed by atoms with Crippen LogP contribution in [0.15, 0.2) is 18.2 Å². The fourth-order valence-corrected chi connectivity index (χ4v) is 2.69. The van der Waals surface area contributed by atoms with Crippen LogP contribution in [-0.4, -0.2) is 25.2 Å². The summed E-state index contributed by atoms with van der Waals surface area (Å²) in [5.41, 5.74) is 1.81. The maximum atomic E-state index is 12.0. The lowest BCUT2D eigenvalue weighted by Gasteiger charge is -2.23. The van der Waals surface area contributed by atoms with Gasteiger partial charge in [-0.2, -0.15) is 0 Å². The molecule has 1 aliphatic carbocycles. The van der Waals surface area contributed by atoms with Crippen molar-refractivity contribution in [3.63, 3.8) is 0 Å². The number of esters is 1. The van der Waals surface area contributed by atoms with Gasteiger partial charge in [0.15, 0.2) is 0 Å². The van der Waals surface area contributed by atoms with E-state index in [0.29, 0.717) is 16.8 Å². The third kappa shape index (κ3) is 3.97. The molecular weight excluding hydrogens is 268 g/mol. The van der Waals surface area contributed by atoms with E-state index in [1.165, 1.54) is 26.4 Å². The van der Waals surface area contributed by atoms with Gasteiger partial charge in [-0.1, -0.05) is 25.3 Å². The second-order valence-electron chi connectivity index (χ2n) is 5.40. The summed E-state index contributed by atoms with van der Waals surface area (Å²) < 4.78 is 4.73. The molecular formula is C16H22N2O3. The first-order valence-corrected chi connectivity index (χ1v) is 7.37. The van der Waals surface area contributed by atoms with Gasteiger partial charge < -0.3 is 15.4 Å². The molecule has 0 aliphatic heterocycles. The van der Waals surface area contributed by atoms with Gasteiger partial charge in [-0.05, 0) is 37.5 Å². The number of rotatable bonds is 3. The molecule has 0 unspecified atom stereocenters. The molecule has 1 fully saturated rings. The summed E-state index contributed by atoms with van der Waals surface area (Å²) >= 11 is 0. The van der Waals surface area contributed by atoms with Gasteiger partial charge in [-0.3, -0.25) is 0 Å². The Bertz CT molecular complexity index is 522. The number of hydrogen-bond donors (Lipinski definition) is 2. The number of methoxy groups -OCH3 is 1. The maximum absolute atomic E-state index is 12.0. The summed E-state index contributed by atoms with van der Waals surface area (Å²) in [4.78, 5) is 23.7. The van der Waals surface area contributed by atoms with Crippen LogP contribution in [0.4, 0.5) is 10.5 Å². The maximum Gasteiger partial charge on any atom is 0.338 e. The van der Waals surface area contributed by atoms with E-state index >= 15 is 0 Å². The van der Waals surface area contributed by atoms with Crippen LogP contribution in [0.25, 0.3) is 0 Å². The summed E-state index contributed by atoms with van der Waals surface area (Å²) in [6.07, 6.45) is 5.66. The Kier molecular flexibility index (Phi) is 5.20. The number of urea groups is 1. The highest BCUT2D eigenvalue weighted by Gasteiger charge is 2.17. The molecule has 2 rings (SSSR count). The monoisotopic (exact) mass is 290 g/mol. The lowest BCUT2D eigenvalue weighted by atomic mass is 9.96. The van der Waals surface area contributed by atoms with E-state index in [9.17, 15) is 9.59 Å². The van der Waals surface area contributed by atoms with E-state index in [0.717, 1.165) is 12.8 Å². The number of carbonyl (C=O) groups excluding carboxylic acids is 2. The Hall–Kier alpha value is -2.04. The SMILES string of the molecule is COC(=O)c1cccc(NC(=O)NC2CCCCC2)c1C. The molecule has 21 heavy (non-hydrogen) atoms. The van der Waals surface area contributed by atoms with E-state index in [1.54, 1.807) is 25.1 Å². The Balaban J connectivity index is 2.01. The highest BCUT2D eigenvalue weighted by atomic mass is 16.5. The number of carbonyl (C=O) groups is 2. The largest absolute Gasteiger partial charge is 0.465 e. The van der Waals surface area contributed by atoms with Crippen LogP contribution in [0, 0.1) is 6.92 Å². The number of nitrogens with one attached hydrogen (secondary N) is 2. The molecule has 0 atom stereocenters. The molecule has 5 heteroatoms. The van der Waals surface area contributed by atoms with Crippen molar-refractivity contribution in [2.75, 3.05) is 12.4 Å². The number of ether oxygens (including phenoxy) is 1. The Morgan fingerprint density at radius 1 is 1.19 bits per heavy atom. The molecule has 114 valence electrons. The van der Waals surface area contributed by atoms with Crippen molar-refractivity contribution in [3.05, 3.63) is 29.3 Å². The molecule has 0 aromatic heterocycles. The molecule has 2 N–H and O–H groups in total. The number of amides is 2. The van der Waals surface area contributed by atoms with Gasteiger partial charge in [-0.15, -0.1) is 0 Å². The Morgan fingerprint density at radius 2 is 1.90 bits per heavy atom. The quantitative estimate of drug-likeness (QED) is 0.840. The molecule has 1 aromatic rings. The minimum Gasteiger partial charge on any atom is -0.465 e. The molecule has 0 bridgehead atoms. The first-order valence-electron chi connectivity index (χ1n) is 7.37. The van der Waals surface area contributed by atoms with Gasteiger partial charge >= 0.3 is 12.0 Å². The van der Waals surface area contributed by atoms with E-state index in [-0.39, 0.29) is 12.1 Å². The minimum atomic E-state index is -0.399. The smallest absolute Gasteiger partial charge is 0.338 e. The van der Waals surface area contributed by atoms with Crippen LogP contribution in [0.5, 0.6) is 0 Å². The Labute approximate surface area is 125 Å². The second-order valence-corrected chi connectivity index (χ2v) is 5.40. The van der Waals surface area contributed by atoms with Gasteiger partial charge in [0.2, 0.25) is 0 Å². The van der Waals surface area contributed by atoms with Crippen LogP contribution < -0.4 is 10.6 Å². The third-order valence-corrected chi connectivity index (χ3v) is 3.93. The predicted octanol–water partition coefficient (Wildman–Crippen LogP) is 3.24. The van der Waals surface area contributed by atoms with Crippen molar-refractivity contribution < 1.29 is 14.3 Å². The number of anilines is 1. The molecule has 5 nitrogen and oxygen atoms in total. The first kappa shape index (κ1) is 15.4. The van der Waals surface area contributed by atoms with Crippen molar-refractivity contribution in [2.24, 2.45) is 0 Å². The molecule has 0 saturated heterocycles. The van der Waals surface area contributed by atoms with Crippen molar-refractivity contribution in [3.8, 4) is 0 Å². The lowest BCUT2D eigenvalue weighted by molar-refractivity contribution is 0.0600. The van der Waals surface area contributed by atoms with Gasteiger partial charge in [-0.25, -0.2) is 9.59 Å². The van der Waals surface area contributed by atoms with Crippen molar-refractivity contribution in [1.29, 1.82) is 0 Å². The summed E-state index contributed by atoms with van der Waals surface area (Å²) in [5.74, 6) is -0.399. The molecule has 0 spiro atoms. The zero-order valence-corrected chi connectivity index (χ0v) is 12.6. The number of benzene rings is 1. The molecule has 0 heterocycles. The Morgan fingerprint density at radius 3 is 2.57 bits per heavy atom. The summed E-state index contributed by atoms with van der Waals surface area (Å²) in [6.45, 7) is 1.79. The highest BCUT2D eigenvalue weighted by Crippen LogP contribution is 2.20. The van der Waals surface area contributed by atoms with Crippen LogP contribution in [-0.2, 0) is 4.74 Å². The van der Waals surface area contributed by atoms with Gasteiger partial charge in [0.1, 0.15) is 0 Å². The van der Waals surface area contributed by atoms with E-state index in [4.69, 9.17) is 4.74 Å². The van der Waals surface area contributed by atoms with Crippen LogP contribution in [0.1, 0.15) is 48.0 Å². The van der Waals surface area contributed by atoms with Crippen molar-refractivity contribution >= 4 is 17.7 Å². The molecule has 2 amide bonds. The van der Waals surface area contributed by atoms with E-state index < -0.39 is 5.97 Å². The fourth-order valence-electron chi connectivity index (χ4n) is 2.69. The average Bonchev–Trinajstić information content (AvgIpc) is 2.49. The summed E-state index contributed by atoms with van der Waals surface area (Å²) in [5, 5.41) is 5.81. The zero-order chi connectivity index (χ0) is 15.2. The topological polar surface area (TPSA) is 67.4 Å².